The maximum atomic E-state index is 5.05. The van der Waals surface area contributed by atoms with Gasteiger partial charge in [-0.2, -0.15) is 0 Å². The first-order valence-corrected chi connectivity index (χ1v) is 1.57. The van der Waals surface area contributed by atoms with Crippen LogP contribution < -0.4 is 0 Å². The molecule has 0 heterocycles. The number of hydrogen-bond donors (Lipinski definition) is 0. The molecule has 0 aromatic heterocycles. The van der Waals surface area contributed by atoms with Gasteiger partial charge in [-0.3, -0.25) is 0 Å². The molecule has 0 nitrogen and oxygen atoms in total. The van der Waals surface area contributed by atoms with Crippen LogP contribution in [0.1, 0.15) is 0 Å². The summed E-state index contributed by atoms with van der Waals surface area (Å²) in [7, 11) is 5.05. The molecule has 0 amide bonds. The molecule has 2 radical (unpaired) electrons. The van der Waals surface area contributed by atoms with Crippen molar-refractivity contribution in [3.05, 3.63) is 30.4 Å². The second-order valence-corrected chi connectivity index (χ2v) is 0.923. The summed E-state index contributed by atoms with van der Waals surface area (Å²) >= 11 is 0. The van der Waals surface area contributed by atoms with E-state index >= 15 is 0 Å². The van der Waals surface area contributed by atoms with E-state index in [9.17, 15) is 0 Å². The van der Waals surface area contributed by atoms with E-state index < -0.39 is 0 Å². The van der Waals surface area contributed by atoms with Crippen LogP contribution in [0.2, 0.25) is 0 Å². The Kier molecular flexibility index (Phi) is 2.27. The Bertz CT molecular complexity index is 96.5. The number of rotatable bonds is 1. The van der Waals surface area contributed by atoms with Gasteiger partial charge < -0.3 is 0 Å². The minimum atomic E-state index is 0.491. The molecule has 0 unspecified atom stereocenters. The van der Waals surface area contributed by atoms with E-state index in [0.29, 0.717) is 5.47 Å². The summed E-state index contributed by atoms with van der Waals surface area (Å²) in [5.41, 5.74) is 2.96. The van der Waals surface area contributed by atoms with Crippen LogP contribution in [0.3, 0.4) is 0 Å². The van der Waals surface area contributed by atoms with Crippen molar-refractivity contribution in [1.82, 2.24) is 0 Å². The molecule has 0 spiro atoms. The van der Waals surface area contributed by atoms with Crippen molar-refractivity contribution in [3.63, 3.8) is 0 Å². The van der Waals surface area contributed by atoms with Gasteiger partial charge in [-0.05, 0) is 6.08 Å². The molecule has 0 aromatic rings. The smallest absolute Gasteiger partial charge is 0.113 e. The van der Waals surface area contributed by atoms with E-state index in [1.54, 1.807) is 0 Å². The first-order valence-electron chi connectivity index (χ1n) is 1.57. The second-order valence-electron chi connectivity index (χ2n) is 0.923. The maximum Gasteiger partial charge on any atom is 0.113 e. The van der Waals surface area contributed by atoms with Crippen LogP contribution in [0.5, 0.6) is 0 Å². The van der Waals surface area contributed by atoms with E-state index in [4.69, 9.17) is 7.85 Å². The van der Waals surface area contributed by atoms with Crippen LogP contribution in [-0.2, 0) is 0 Å². The lowest BCUT2D eigenvalue weighted by molar-refractivity contribution is 2.00. The lowest BCUT2D eigenvalue weighted by Crippen LogP contribution is -1.62. The monoisotopic (exact) mass is 76.0 g/mol. The van der Waals surface area contributed by atoms with Crippen molar-refractivity contribution in [2.24, 2.45) is 0 Å². The number of hydrogen-bond acceptors (Lipinski definition) is 0. The van der Waals surface area contributed by atoms with Gasteiger partial charge in [0.25, 0.3) is 0 Å². The molecule has 0 fully saturated rings. The topological polar surface area (TPSA) is 0 Å². The third kappa shape index (κ3) is 3.32. The highest BCUT2D eigenvalue weighted by Gasteiger charge is 1.62. The van der Waals surface area contributed by atoms with Crippen molar-refractivity contribution in [2.45, 2.75) is 0 Å². The quantitative estimate of drug-likeness (QED) is 0.248. The number of allylic oxidation sites excluding steroid dienone is 2. The Balaban J connectivity index is 3.60. The van der Waals surface area contributed by atoms with Crippen molar-refractivity contribution in [3.8, 4) is 0 Å². The van der Waals surface area contributed by atoms with Gasteiger partial charge in [0.05, 0.1) is 0 Å². The van der Waals surface area contributed by atoms with Crippen molar-refractivity contribution in [2.75, 3.05) is 0 Å². The standard InChI is InChI=1S/C5H5B/c1-3-4-5(2)6/h4H,1-2H2. The molecule has 0 rings (SSSR count). The predicted molar refractivity (Wildman–Crippen MR) is 28.6 cm³/mol. The molecule has 0 atom stereocenters. The Labute approximate surface area is 39.3 Å². The van der Waals surface area contributed by atoms with Crippen molar-refractivity contribution < 1.29 is 0 Å². The van der Waals surface area contributed by atoms with Gasteiger partial charge in [-0.1, -0.05) is 12.1 Å². The molecule has 0 saturated carbocycles. The third-order valence-corrected chi connectivity index (χ3v) is 0.287. The van der Waals surface area contributed by atoms with Gasteiger partial charge in [0.15, 0.2) is 0 Å². The van der Waals surface area contributed by atoms with Crippen LogP contribution in [0.15, 0.2) is 30.4 Å². The van der Waals surface area contributed by atoms with E-state index in [-0.39, 0.29) is 0 Å². The lowest BCUT2D eigenvalue weighted by Gasteiger charge is -1.72. The molecular formula is C5H5B. The van der Waals surface area contributed by atoms with E-state index in [2.05, 4.69) is 18.9 Å². The summed E-state index contributed by atoms with van der Waals surface area (Å²) in [6.45, 7) is 6.64. The Hall–Kier alpha value is -0.675. The molecule has 0 aliphatic carbocycles. The highest BCUT2D eigenvalue weighted by atomic mass is 13.6. The summed E-state index contributed by atoms with van der Waals surface area (Å²) in [4.78, 5) is 0. The highest BCUT2D eigenvalue weighted by molar-refractivity contribution is 6.22. The van der Waals surface area contributed by atoms with Gasteiger partial charge in [-0.15, -0.1) is 12.3 Å². The van der Waals surface area contributed by atoms with Crippen molar-refractivity contribution >= 4 is 7.85 Å². The summed E-state index contributed by atoms with van der Waals surface area (Å²) in [5, 5.41) is 0. The summed E-state index contributed by atoms with van der Waals surface area (Å²) < 4.78 is 0. The first kappa shape index (κ1) is 5.32. The Morgan fingerprint density at radius 1 is 1.83 bits per heavy atom. The largest absolute Gasteiger partial charge is 0.129 e. The zero-order valence-corrected chi connectivity index (χ0v) is 3.57. The fourth-order valence-electron chi connectivity index (χ4n) is 0.131. The molecular weight excluding hydrogens is 70.9 g/mol. The first-order chi connectivity index (χ1) is 2.77. The summed E-state index contributed by atoms with van der Waals surface area (Å²) in [6, 6.07) is 0. The van der Waals surface area contributed by atoms with Crippen LogP contribution in [-0.4, -0.2) is 7.85 Å². The molecule has 6 heavy (non-hydrogen) atoms. The van der Waals surface area contributed by atoms with E-state index in [1.807, 2.05) is 0 Å². The molecule has 28 valence electrons. The van der Waals surface area contributed by atoms with Gasteiger partial charge >= 0.3 is 0 Å². The average molecular weight is 75.9 g/mol. The normalized spacial score (nSPS) is 6.00. The Morgan fingerprint density at radius 2 is 2.33 bits per heavy atom. The van der Waals surface area contributed by atoms with Crippen LogP contribution in [0.4, 0.5) is 0 Å². The van der Waals surface area contributed by atoms with E-state index in [0.717, 1.165) is 0 Å². The van der Waals surface area contributed by atoms with Crippen LogP contribution in [0, 0.1) is 0 Å². The molecule has 0 aliphatic heterocycles. The maximum absolute atomic E-state index is 5.05. The fourth-order valence-corrected chi connectivity index (χ4v) is 0.131. The van der Waals surface area contributed by atoms with Crippen molar-refractivity contribution in [1.29, 1.82) is 0 Å². The molecule has 0 N–H and O–H groups in total. The third-order valence-electron chi connectivity index (χ3n) is 0.287. The predicted octanol–water partition coefficient (Wildman–Crippen LogP) is 1.01. The van der Waals surface area contributed by atoms with Gasteiger partial charge in [-0.25, -0.2) is 0 Å². The molecule has 1 heteroatoms. The summed E-state index contributed by atoms with van der Waals surface area (Å²) in [6.07, 6.45) is 1.51. The average Bonchev–Trinajstić information content (AvgIpc) is 1.35. The minimum Gasteiger partial charge on any atom is -0.129 e. The van der Waals surface area contributed by atoms with Crippen LogP contribution in [0.25, 0.3) is 0 Å². The summed E-state index contributed by atoms with van der Waals surface area (Å²) in [5.74, 6) is 0. The van der Waals surface area contributed by atoms with E-state index in [1.165, 1.54) is 6.08 Å². The molecule has 0 aromatic carbocycles. The SMILES string of the molecule is [B]C(=C)C=C=C. The van der Waals surface area contributed by atoms with Gasteiger partial charge in [0.2, 0.25) is 0 Å². The minimum absolute atomic E-state index is 0.491. The Morgan fingerprint density at radius 3 is 2.33 bits per heavy atom. The second kappa shape index (κ2) is 2.56. The van der Waals surface area contributed by atoms with Crippen LogP contribution >= 0.6 is 0 Å². The highest BCUT2D eigenvalue weighted by Crippen LogP contribution is 1.76. The zero-order valence-electron chi connectivity index (χ0n) is 3.57. The molecule has 0 aliphatic rings. The fraction of sp³-hybridized carbons (Fsp3) is 0. The molecule has 0 saturated heterocycles. The molecule has 0 bridgehead atoms. The van der Waals surface area contributed by atoms with Gasteiger partial charge in [0.1, 0.15) is 7.85 Å². The zero-order chi connectivity index (χ0) is 4.99. The van der Waals surface area contributed by atoms with Gasteiger partial charge in [0, 0.05) is 0 Å². The lowest BCUT2D eigenvalue weighted by atomic mass is 9.98.